The van der Waals surface area contributed by atoms with Crippen LogP contribution in [0, 0.1) is 11.6 Å². The largest absolute Gasteiger partial charge is 0.420 e. The molecule has 3 rings (SSSR count). The van der Waals surface area contributed by atoms with Crippen molar-refractivity contribution in [2.45, 2.75) is 0 Å². The summed E-state index contributed by atoms with van der Waals surface area (Å²) < 4.78 is 32.2. The molecule has 0 aliphatic carbocycles. The van der Waals surface area contributed by atoms with Gasteiger partial charge in [0.15, 0.2) is 11.6 Å². The maximum Gasteiger partial charge on any atom is 0.343 e. The van der Waals surface area contributed by atoms with Crippen molar-refractivity contribution in [2.75, 3.05) is 0 Å². The highest BCUT2D eigenvalue weighted by Gasteiger charge is 2.12. The first-order chi connectivity index (χ1) is 11.1. The van der Waals surface area contributed by atoms with Gasteiger partial charge >= 0.3 is 5.97 Å². The zero-order chi connectivity index (χ0) is 16.2. The zero-order valence-electron chi connectivity index (χ0n) is 12.0. The van der Waals surface area contributed by atoms with E-state index in [-0.39, 0.29) is 17.1 Å². The molecule has 0 spiro atoms. The summed E-state index contributed by atoms with van der Waals surface area (Å²) in [6.45, 7) is 0. The standard InChI is InChI=1S/C19H12F2O2/c20-16-6-2-1-5-15(16)13-9-11-14(12-10-13)19(22)23-18-8-4-3-7-17(18)21/h1-12H. The SMILES string of the molecule is O=C(Oc1ccccc1F)c1ccc(-c2ccccc2F)cc1. The number of esters is 1. The van der Waals surface area contributed by atoms with Crippen molar-refractivity contribution in [3.8, 4) is 16.9 Å². The van der Waals surface area contributed by atoms with Crippen molar-refractivity contribution in [2.24, 2.45) is 0 Å². The van der Waals surface area contributed by atoms with E-state index in [0.717, 1.165) is 0 Å². The highest BCUT2D eigenvalue weighted by Crippen LogP contribution is 2.23. The van der Waals surface area contributed by atoms with E-state index in [0.29, 0.717) is 11.1 Å². The van der Waals surface area contributed by atoms with E-state index in [9.17, 15) is 13.6 Å². The molecule has 0 amide bonds. The molecular weight excluding hydrogens is 298 g/mol. The number of carbonyl (C=O) groups excluding carboxylic acids is 1. The van der Waals surface area contributed by atoms with Crippen LogP contribution in [0.1, 0.15) is 10.4 Å². The lowest BCUT2D eigenvalue weighted by molar-refractivity contribution is 0.0728. The first kappa shape index (κ1) is 14.9. The maximum atomic E-state index is 13.7. The number of rotatable bonds is 3. The van der Waals surface area contributed by atoms with Crippen molar-refractivity contribution in [3.05, 3.63) is 90.0 Å². The minimum Gasteiger partial charge on any atom is -0.420 e. The molecule has 0 atom stereocenters. The molecule has 0 aliphatic rings. The summed E-state index contributed by atoms with van der Waals surface area (Å²) in [5.74, 6) is -1.75. The maximum absolute atomic E-state index is 13.7. The Balaban J connectivity index is 1.81. The fourth-order valence-corrected chi connectivity index (χ4v) is 2.17. The minimum atomic E-state index is -0.671. The van der Waals surface area contributed by atoms with Crippen LogP contribution in [0.5, 0.6) is 5.75 Å². The Labute approximate surface area is 132 Å². The van der Waals surface area contributed by atoms with Gasteiger partial charge in [-0.15, -0.1) is 0 Å². The van der Waals surface area contributed by atoms with E-state index < -0.39 is 11.8 Å². The molecule has 0 aromatic heterocycles. The van der Waals surface area contributed by atoms with E-state index in [1.807, 2.05) is 0 Å². The van der Waals surface area contributed by atoms with Gasteiger partial charge in [0.25, 0.3) is 0 Å². The Morgan fingerprint density at radius 2 is 1.35 bits per heavy atom. The Kier molecular flexibility index (Phi) is 4.15. The Morgan fingerprint density at radius 3 is 2.00 bits per heavy atom. The first-order valence-corrected chi connectivity index (χ1v) is 6.97. The average molecular weight is 310 g/mol. The predicted octanol–water partition coefficient (Wildman–Crippen LogP) is 4.85. The van der Waals surface area contributed by atoms with Crippen molar-refractivity contribution in [1.29, 1.82) is 0 Å². The summed E-state index contributed by atoms with van der Waals surface area (Å²) in [4.78, 5) is 12.0. The fourth-order valence-electron chi connectivity index (χ4n) is 2.17. The number of hydrogen-bond acceptors (Lipinski definition) is 2. The highest BCUT2D eigenvalue weighted by atomic mass is 19.1. The summed E-state index contributed by atoms with van der Waals surface area (Å²) in [7, 11) is 0. The van der Waals surface area contributed by atoms with Crippen molar-refractivity contribution in [3.63, 3.8) is 0 Å². The number of para-hydroxylation sites is 1. The molecule has 0 bridgehead atoms. The fraction of sp³-hybridized carbons (Fsp3) is 0. The monoisotopic (exact) mass is 310 g/mol. The molecule has 2 nitrogen and oxygen atoms in total. The topological polar surface area (TPSA) is 26.3 Å². The lowest BCUT2D eigenvalue weighted by atomic mass is 10.0. The second-order valence-electron chi connectivity index (χ2n) is 4.88. The first-order valence-electron chi connectivity index (χ1n) is 6.97. The van der Waals surface area contributed by atoms with Crippen LogP contribution in [0.4, 0.5) is 8.78 Å². The third-order valence-corrected chi connectivity index (χ3v) is 3.34. The van der Waals surface area contributed by atoms with Crippen LogP contribution < -0.4 is 4.74 Å². The predicted molar refractivity (Wildman–Crippen MR) is 83.2 cm³/mol. The number of hydrogen-bond donors (Lipinski definition) is 0. The molecule has 0 heterocycles. The van der Waals surface area contributed by atoms with E-state index in [1.165, 1.54) is 36.4 Å². The van der Waals surface area contributed by atoms with Crippen LogP contribution in [-0.2, 0) is 0 Å². The van der Waals surface area contributed by atoms with E-state index in [1.54, 1.807) is 36.4 Å². The lowest BCUT2D eigenvalue weighted by Gasteiger charge is -2.07. The molecule has 114 valence electrons. The summed E-state index contributed by atoms with van der Waals surface area (Å²) in [6.07, 6.45) is 0. The molecule has 0 saturated carbocycles. The van der Waals surface area contributed by atoms with Gasteiger partial charge in [-0.3, -0.25) is 0 Å². The normalized spacial score (nSPS) is 10.3. The van der Waals surface area contributed by atoms with E-state index in [4.69, 9.17) is 4.74 Å². The van der Waals surface area contributed by atoms with Crippen LogP contribution in [0.25, 0.3) is 11.1 Å². The van der Waals surface area contributed by atoms with Crippen LogP contribution >= 0.6 is 0 Å². The van der Waals surface area contributed by atoms with Crippen LogP contribution in [0.2, 0.25) is 0 Å². The molecule has 0 unspecified atom stereocenters. The third kappa shape index (κ3) is 3.26. The zero-order valence-corrected chi connectivity index (χ0v) is 12.0. The second kappa shape index (κ2) is 6.40. The molecule has 4 heteroatoms. The molecule has 0 aliphatic heterocycles. The van der Waals surface area contributed by atoms with Crippen molar-refractivity contribution >= 4 is 5.97 Å². The minimum absolute atomic E-state index is 0.129. The Bertz CT molecular complexity index is 842. The number of ether oxygens (including phenoxy) is 1. The number of benzene rings is 3. The summed E-state index contributed by atoms with van der Waals surface area (Å²) in [5, 5.41) is 0. The van der Waals surface area contributed by atoms with Crippen LogP contribution in [0.15, 0.2) is 72.8 Å². The van der Waals surface area contributed by atoms with Gasteiger partial charge in [-0.2, -0.15) is 0 Å². The van der Waals surface area contributed by atoms with Crippen molar-refractivity contribution in [1.82, 2.24) is 0 Å². The van der Waals surface area contributed by atoms with Crippen LogP contribution in [0.3, 0.4) is 0 Å². The van der Waals surface area contributed by atoms with Gasteiger partial charge in [-0.05, 0) is 35.9 Å². The quantitative estimate of drug-likeness (QED) is 0.510. The molecule has 0 N–H and O–H groups in total. The summed E-state index contributed by atoms with van der Waals surface area (Å²) >= 11 is 0. The summed E-state index contributed by atoms with van der Waals surface area (Å²) in [6, 6.07) is 18.3. The Morgan fingerprint density at radius 1 is 0.739 bits per heavy atom. The molecule has 0 saturated heterocycles. The average Bonchev–Trinajstić information content (AvgIpc) is 2.57. The van der Waals surface area contributed by atoms with Gasteiger partial charge in [-0.25, -0.2) is 13.6 Å². The second-order valence-corrected chi connectivity index (χ2v) is 4.88. The van der Waals surface area contributed by atoms with E-state index in [2.05, 4.69) is 0 Å². The molecule has 23 heavy (non-hydrogen) atoms. The van der Waals surface area contributed by atoms with Gasteiger partial charge in [0.05, 0.1) is 5.56 Å². The smallest absolute Gasteiger partial charge is 0.343 e. The molecule has 3 aromatic rings. The molecule has 3 aromatic carbocycles. The molecular formula is C19H12F2O2. The van der Waals surface area contributed by atoms with Gasteiger partial charge in [-0.1, -0.05) is 42.5 Å². The van der Waals surface area contributed by atoms with Crippen molar-refractivity contribution < 1.29 is 18.3 Å². The summed E-state index contributed by atoms with van der Waals surface area (Å²) in [5.41, 5.74) is 1.35. The van der Waals surface area contributed by atoms with Gasteiger partial charge in [0.2, 0.25) is 0 Å². The third-order valence-electron chi connectivity index (χ3n) is 3.34. The van der Waals surface area contributed by atoms with Gasteiger partial charge in [0, 0.05) is 5.56 Å². The lowest BCUT2D eigenvalue weighted by Crippen LogP contribution is -2.09. The van der Waals surface area contributed by atoms with Gasteiger partial charge in [0.1, 0.15) is 5.82 Å². The number of halogens is 2. The Hall–Kier alpha value is -3.01. The molecule has 0 radical (unpaired) electrons. The van der Waals surface area contributed by atoms with E-state index >= 15 is 0 Å². The van der Waals surface area contributed by atoms with Gasteiger partial charge < -0.3 is 4.74 Å². The van der Waals surface area contributed by atoms with Crippen LogP contribution in [-0.4, -0.2) is 5.97 Å². The molecule has 0 fully saturated rings. The highest BCUT2D eigenvalue weighted by molar-refractivity contribution is 5.91. The number of carbonyl (C=O) groups is 1.